The number of nitrogens with one attached hydrogen (secondary N) is 1. The van der Waals surface area contributed by atoms with Crippen LogP contribution in [-0.4, -0.2) is 31.0 Å². The van der Waals surface area contributed by atoms with Crippen LogP contribution in [0.25, 0.3) is 0 Å². The Morgan fingerprint density at radius 3 is 2.54 bits per heavy atom. The van der Waals surface area contributed by atoms with Gasteiger partial charge in [-0.1, -0.05) is 36.8 Å². The number of ether oxygens (including phenoxy) is 1. The van der Waals surface area contributed by atoms with Crippen molar-refractivity contribution in [2.75, 3.05) is 25.5 Å². The number of carbonyl (C=O) groups is 1. The molecule has 1 amide bonds. The van der Waals surface area contributed by atoms with E-state index in [1.165, 1.54) is 5.56 Å². The zero-order valence-corrected chi connectivity index (χ0v) is 14.9. The summed E-state index contributed by atoms with van der Waals surface area (Å²) in [7, 11) is 1.66. The van der Waals surface area contributed by atoms with Gasteiger partial charge < -0.3 is 10.1 Å². The third kappa shape index (κ3) is 4.83. The molecular formula is C20H26N2O2. The molecule has 0 heterocycles. The van der Waals surface area contributed by atoms with Gasteiger partial charge in [-0.3, -0.25) is 9.69 Å². The molecule has 0 aromatic heterocycles. The first kappa shape index (κ1) is 18.0. The molecule has 0 radical (unpaired) electrons. The van der Waals surface area contributed by atoms with Crippen molar-refractivity contribution in [1.29, 1.82) is 0 Å². The van der Waals surface area contributed by atoms with Crippen LogP contribution in [0.2, 0.25) is 0 Å². The van der Waals surface area contributed by atoms with Crippen LogP contribution in [0, 0.1) is 6.92 Å². The Morgan fingerprint density at radius 2 is 1.92 bits per heavy atom. The lowest BCUT2D eigenvalue weighted by Gasteiger charge is -2.27. The number of anilines is 1. The molecule has 0 spiro atoms. The monoisotopic (exact) mass is 326 g/mol. The molecule has 2 rings (SSSR count). The lowest BCUT2D eigenvalue weighted by atomic mass is 10.1. The summed E-state index contributed by atoms with van der Waals surface area (Å²) in [5.41, 5.74) is 3.14. The first-order chi connectivity index (χ1) is 11.5. The van der Waals surface area contributed by atoms with Crippen molar-refractivity contribution in [2.24, 2.45) is 0 Å². The van der Waals surface area contributed by atoms with Crippen LogP contribution >= 0.6 is 0 Å². The summed E-state index contributed by atoms with van der Waals surface area (Å²) in [6, 6.07) is 16.0. The fourth-order valence-electron chi connectivity index (χ4n) is 2.66. The van der Waals surface area contributed by atoms with Gasteiger partial charge in [0.1, 0.15) is 5.75 Å². The zero-order valence-electron chi connectivity index (χ0n) is 14.9. The highest BCUT2D eigenvalue weighted by Crippen LogP contribution is 2.23. The summed E-state index contributed by atoms with van der Waals surface area (Å²) in [6.45, 7) is 7.34. The number of amides is 1. The second-order valence-corrected chi connectivity index (χ2v) is 5.93. The van der Waals surface area contributed by atoms with E-state index in [9.17, 15) is 4.79 Å². The molecular weight excluding hydrogens is 300 g/mol. The molecule has 4 nitrogen and oxygen atoms in total. The van der Waals surface area contributed by atoms with Crippen molar-refractivity contribution in [3.05, 3.63) is 59.7 Å². The highest BCUT2D eigenvalue weighted by molar-refractivity contribution is 5.92. The van der Waals surface area contributed by atoms with Gasteiger partial charge in [-0.15, -0.1) is 0 Å². The van der Waals surface area contributed by atoms with Gasteiger partial charge in [-0.05, 0) is 50.2 Å². The van der Waals surface area contributed by atoms with E-state index in [2.05, 4.69) is 30.1 Å². The van der Waals surface area contributed by atoms with Crippen molar-refractivity contribution in [3.8, 4) is 5.75 Å². The molecule has 0 bridgehead atoms. The highest BCUT2D eigenvalue weighted by atomic mass is 16.5. The van der Waals surface area contributed by atoms with E-state index in [1.807, 2.05) is 49.4 Å². The highest BCUT2D eigenvalue weighted by Gasteiger charge is 2.17. The zero-order chi connectivity index (χ0) is 17.5. The molecule has 24 heavy (non-hydrogen) atoms. The SMILES string of the molecule is CCN(CC(=O)Nc1ccc(C)cc1)C(C)c1cccc(OC)c1. The average Bonchev–Trinajstić information content (AvgIpc) is 2.61. The van der Waals surface area contributed by atoms with E-state index in [1.54, 1.807) is 7.11 Å². The van der Waals surface area contributed by atoms with Gasteiger partial charge in [0.05, 0.1) is 13.7 Å². The number of benzene rings is 2. The predicted octanol–water partition coefficient (Wildman–Crippen LogP) is 4.03. The van der Waals surface area contributed by atoms with Gasteiger partial charge in [-0.25, -0.2) is 0 Å². The molecule has 0 saturated heterocycles. The quantitative estimate of drug-likeness (QED) is 0.835. The summed E-state index contributed by atoms with van der Waals surface area (Å²) in [6.07, 6.45) is 0. The molecule has 0 saturated carbocycles. The number of aryl methyl sites for hydroxylation is 1. The largest absolute Gasteiger partial charge is 0.497 e. The Morgan fingerprint density at radius 1 is 1.21 bits per heavy atom. The van der Waals surface area contributed by atoms with Crippen LogP contribution in [-0.2, 0) is 4.79 Å². The molecule has 2 aromatic carbocycles. The van der Waals surface area contributed by atoms with Gasteiger partial charge in [0.2, 0.25) is 5.91 Å². The van der Waals surface area contributed by atoms with Crippen molar-refractivity contribution < 1.29 is 9.53 Å². The van der Waals surface area contributed by atoms with E-state index in [0.717, 1.165) is 23.5 Å². The third-order valence-corrected chi connectivity index (χ3v) is 4.21. The summed E-state index contributed by atoms with van der Waals surface area (Å²) >= 11 is 0. The Hall–Kier alpha value is -2.33. The maximum atomic E-state index is 12.3. The van der Waals surface area contributed by atoms with Crippen LogP contribution in [0.4, 0.5) is 5.69 Å². The molecule has 0 aliphatic rings. The number of carbonyl (C=O) groups excluding carboxylic acids is 1. The minimum absolute atomic E-state index is 0.00421. The third-order valence-electron chi connectivity index (χ3n) is 4.21. The number of methoxy groups -OCH3 is 1. The van der Waals surface area contributed by atoms with Gasteiger partial charge >= 0.3 is 0 Å². The van der Waals surface area contributed by atoms with Crippen LogP contribution in [0.3, 0.4) is 0 Å². The topological polar surface area (TPSA) is 41.6 Å². The predicted molar refractivity (Wildman–Crippen MR) is 98.5 cm³/mol. The van der Waals surface area contributed by atoms with E-state index in [-0.39, 0.29) is 11.9 Å². The first-order valence-corrected chi connectivity index (χ1v) is 8.28. The van der Waals surface area contributed by atoms with Crippen LogP contribution in [0.1, 0.15) is 31.0 Å². The number of likely N-dealkylation sites (N-methyl/N-ethyl adjacent to an activating group) is 1. The molecule has 1 atom stereocenters. The fraction of sp³-hybridized carbons (Fsp3) is 0.350. The standard InChI is InChI=1S/C20H26N2O2/c1-5-22(16(3)17-7-6-8-19(13-17)24-4)14-20(23)21-18-11-9-15(2)10-12-18/h6-13,16H,5,14H2,1-4H3,(H,21,23). The van der Waals surface area contributed by atoms with Crippen molar-refractivity contribution >= 4 is 11.6 Å². The number of nitrogens with zero attached hydrogens (tertiary/aromatic N) is 1. The van der Waals surface area contributed by atoms with Crippen LogP contribution in [0.5, 0.6) is 5.75 Å². The minimum atomic E-state index is -0.00421. The van der Waals surface area contributed by atoms with Gasteiger partial charge in [0.25, 0.3) is 0 Å². The van der Waals surface area contributed by atoms with E-state index in [4.69, 9.17) is 4.74 Å². The summed E-state index contributed by atoms with van der Waals surface area (Å²) in [5, 5.41) is 2.96. The molecule has 1 N–H and O–H groups in total. The number of hydrogen-bond acceptors (Lipinski definition) is 3. The van der Waals surface area contributed by atoms with Crippen molar-refractivity contribution in [2.45, 2.75) is 26.8 Å². The Bertz CT molecular complexity index is 668. The van der Waals surface area contributed by atoms with Crippen molar-refractivity contribution in [3.63, 3.8) is 0 Å². The Labute approximate surface area is 144 Å². The maximum absolute atomic E-state index is 12.3. The fourth-order valence-corrected chi connectivity index (χ4v) is 2.66. The Kier molecular flexibility index (Phi) is 6.38. The van der Waals surface area contributed by atoms with Gasteiger partial charge in [-0.2, -0.15) is 0 Å². The summed E-state index contributed by atoms with van der Waals surface area (Å²) in [4.78, 5) is 14.5. The van der Waals surface area contributed by atoms with Gasteiger partial charge in [0, 0.05) is 11.7 Å². The Balaban J connectivity index is 2.01. The van der Waals surface area contributed by atoms with E-state index >= 15 is 0 Å². The number of hydrogen-bond donors (Lipinski definition) is 1. The summed E-state index contributed by atoms with van der Waals surface area (Å²) < 4.78 is 5.29. The second kappa shape index (κ2) is 8.50. The van der Waals surface area contributed by atoms with Crippen LogP contribution in [0.15, 0.2) is 48.5 Å². The van der Waals surface area contributed by atoms with Crippen molar-refractivity contribution in [1.82, 2.24) is 4.90 Å². The van der Waals surface area contributed by atoms with E-state index in [0.29, 0.717) is 6.54 Å². The second-order valence-electron chi connectivity index (χ2n) is 5.93. The molecule has 4 heteroatoms. The molecule has 0 aliphatic carbocycles. The smallest absolute Gasteiger partial charge is 0.238 e. The molecule has 128 valence electrons. The summed E-state index contributed by atoms with van der Waals surface area (Å²) in [5.74, 6) is 0.829. The van der Waals surface area contributed by atoms with Crippen LogP contribution < -0.4 is 10.1 Å². The first-order valence-electron chi connectivity index (χ1n) is 8.28. The minimum Gasteiger partial charge on any atom is -0.497 e. The molecule has 0 aliphatic heterocycles. The normalized spacial score (nSPS) is 12.0. The number of rotatable bonds is 7. The maximum Gasteiger partial charge on any atom is 0.238 e. The lowest BCUT2D eigenvalue weighted by molar-refractivity contribution is -0.117. The molecule has 1 unspecified atom stereocenters. The molecule has 2 aromatic rings. The average molecular weight is 326 g/mol. The van der Waals surface area contributed by atoms with Gasteiger partial charge in [0.15, 0.2) is 0 Å². The molecule has 0 fully saturated rings. The lowest BCUT2D eigenvalue weighted by Crippen LogP contribution is -2.35. The van der Waals surface area contributed by atoms with E-state index < -0.39 is 0 Å².